The van der Waals surface area contributed by atoms with Crippen molar-refractivity contribution in [2.75, 3.05) is 26.1 Å². The van der Waals surface area contributed by atoms with Gasteiger partial charge in [-0.15, -0.1) is 0 Å². The Morgan fingerprint density at radius 3 is 2.19 bits per heavy atom. The fraction of sp³-hybridized carbons (Fsp3) is 0.381. The molecular formula is C21H28N2O2S. The van der Waals surface area contributed by atoms with E-state index in [0.29, 0.717) is 5.11 Å². The maximum absolute atomic E-state index is 5.38. The maximum Gasteiger partial charge on any atom is 0.170 e. The van der Waals surface area contributed by atoms with Crippen LogP contribution in [-0.2, 0) is 11.8 Å². The van der Waals surface area contributed by atoms with Crippen LogP contribution in [0.1, 0.15) is 31.9 Å². The van der Waals surface area contributed by atoms with Crippen molar-refractivity contribution in [1.29, 1.82) is 0 Å². The molecule has 0 unspecified atom stereocenters. The van der Waals surface area contributed by atoms with Crippen LogP contribution in [0.25, 0.3) is 0 Å². The van der Waals surface area contributed by atoms with Gasteiger partial charge >= 0.3 is 0 Å². The van der Waals surface area contributed by atoms with Crippen LogP contribution in [0.2, 0.25) is 0 Å². The van der Waals surface area contributed by atoms with Crippen molar-refractivity contribution in [2.24, 2.45) is 0 Å². The molecule has 0 saturated carbocycles. The van der Waals surface area contributed by atoms with Gasteiger partial charge in [0.25, 0.3) is 0 Å². The smallest absolute Gasteiger partial charge is 0.170 e. The van der Waals surface area contributed by atoms with E-state index < -0.39 is 0 Å². The van der Waals surface area contributed by atoms with E-state index in [1.165, 1.54) is 5.56 Å². The highest BCUT2D eigenvalue weighted by Gasteiger charge is 2.12. The van der Waals surface area contributed by atoms with Gasteiger partial charge in [0.05, 0.1) is 14.2 Å². The predicted octanol–water partition coefficient (Wildman–Crippen LogP) is 4.53. The number of anilines is 1. The highest BCUT2D eigenvalue weighted by Crippen LogP contribution is 2.27. The number of hydrogen-bond acceptors (Lipinski definition) is 3. The zero-order valence-electron chi connectivity index (χ0n) is 16.2. The molecule has 0 aliphatic rings. The number of thiocarbonyl (C=S) groups is 1. The summed E-state index contributed by atoms with van der Waals surface area (Å²) in [5.41, 5.74) is 3.60. The van der Waals surface area contributed by atoms with Gasteiger partial charge in [-0.1, -0.05) is 39.0 Å². The van der Waals surface area contributed by atoms with Crippen molar-refractivity contribution < 1.29 is 9.47 Å². The Balaban J connectivity index is 1.84. The van der Waals surface area contributed by atoms with Gasteiger partial charge in [-0.25, -0.2) is 0 Å². The number of hydrogen-bond donors (Lipinski definition) is 2. The lowest BCUT2D eigenvalue weighted by molar-refractivity contribution is 0.354. The third-order valence-corrected chi connectivity index (χ3v) is 4.40. The molecule has 4 nitrogen and oxygen atoms in total. The summed E-state index contributed by atoms with van der Waals surface area (Å²) >= 11 is 5.38. The van der Waals surface area contributed by atoms with Crippen molar-refractivity contribution in [1.82, 2.24) is 5.32 Å². The Kier molecular flexibility index (Phi) is 6.86. The van der Waals surface area contributed by atoms with E-state index in [2.05, 4.69) is 55.7 Å². The molecule has 0 spiro atoms. The SMILES string of the molecule is COc1ccc(CCNC(=S)Nc2ccc(C(C)(C)C)cc2)cc1OC. The Hall–Kier alpha value is -2.27. The maximum atomic E-state index is 5.38. The topological polar surface area (TPSA) is 42.5 Å². The molecule has 0 aromatic heterocycles. The summed E-state index contributed by atoms with van der Waals surface area (Å²) in [6, 6.07) is 14.3. The highest BCUT2D eigenvalue weighted by molar-refractivity contribution is 7.80. The standard InChI is InChI=1S/C21H28N2O2S/c1-21(2,3)16-7-9-17(10-8-16)23-20(26)22-13-12-15-6-11-18(24-4)19(14-15)25-5/h6-11,14H,12-13H2,1-5H3,(H2,22,23,26). The second-order valence-electron chi connectivity index (χ2n) is 7.15. The molecule has 0 radical (unpaired) electrons. The summed E-state index contributed by atoms with van der Waals surface area (Å²) in [5.74, 6) is 1.48. The van der Waals surface area contributed by atoms with Crippen LogP contribution in [0.4, 0.5) is 5.69 Å². The van der Waals surface area contributed by atoms with Crippen LogP contribution in [0, 0.1) is 0 Å². The van der Waals surface area contributed by atoms with Crippen molar-refractivity contribution in [2.45, 2.75) is 32.6 Å². The van der Waals surface area contributed by atoms with E-state index in [0.717, 1.165) is 35.7 Å². The highest BCUT2D eigenvalue weighted by atomic mass is 32.1. The van der Waals surface area contributed by atoms with Crippen molar-refractivity contribution >= 4 is 23.0 Å². The summed E-state index contributed by atoms with van der Waals surface area (Å²) in [6.45, 7) is 7.35. The third kappa shape index (κ3) is 5.63. The normalized spacial score (nSPS) is 11.0. The van der Waals surface area contributed by atoms with Crippen LogP contribution in [0.15, 0.2) is 42.5 Å². The van der Waals surface area contributed by atoms with Crippen LogP contribution in [0.3, 0.4) is 0 Å². The molecule has 0 aliphatic heterocycles. The van der Waals surface area contributed by atoms with Gasteiger partial charge in [-0.05, 0) is 59.4 Å². The Labute approximate surface area is 161 Å². The van der Waals surface area contributed by atoms with E-state index in [1.807, 2.05) is 18.2 Å². The molecule has 140 valence electrons. The van der Waals surface area contributed by atoms with E-state index in [1.54, 1.807) is 14.2 Å². The molecule has 2 aromatic carbocycles. The van der Waals surface area contributed by atoms with E-state index in [-0.39, 0.29) is 5.41 Å². The van der Waals surface area contributed by atoms with Crippen molar-refractivity contribution in [3.8, 4) is 11.5 Å². The average molecular weight is 373 g/mol. The summed E-state index contributed by atoms with van der Waals surface area (Å²) in [6.07, 6.45) is 0.838. The Morgan fingerprint density at radius 1 is 0.962 bits per heavy atom. The molecule has 0 bridgehead atoms. The number of methoxy groups -OCH3 is 2. The molecule has 2 rings (SSSR count). The number of ether oxygens (including phenoxy) is 2. The van der Waals surface area contributed by atoms with Gasteiger partial charge in [0.2, 0.25) is 0 Å². The van der Waals surface area contributed by atoms with Crippen molar-refractivity contribution in [3.05, 3.63) is 53.6 Å². The van der Waals surface area contributed by atoms with Crippen LogP contribution < -0.4 is 20.1 Å². The van der Waals surface area contributed by atoms with E-state index in [9.17, 15) is 0 Å². The molecule has 2 aromatic rings. The minimum Gasteiger partial charge on any atom is -0.493 e. The Bertz CT molecular complexity index is 737. The van der Waals surface area contributed by atoms with E-state index in [4.69, 9.17) is 21.7 Å². The van der Waals surface area contributed by atoms with Gasteiger partial charge in [0.15, 0.2) is 16.6 Å². The zero-order chi connectivity index (χ0) is 19.2. The fourth-order valence-corrected chi connectivity index (χ4v) is 2.81. The lowest BCUT2D eigenvalue weighted by atomic mass is 9.87. The second kappa shape index (κ2) is 8.90. The minimum absolute atomic E-state index is 0.150. The number of nitrogens with one attached hydrogen (secondary N) is 2. The molecule has 5 heteroatoms. The van der Waals surface area contributed by atoms with Gasteiger partial charge in [-0.3, -0.25) is 0 Å². The lowest BCUT2D eigenvalue weighted by Gasteiger charge is -2.19. The summed E-state index contributed by atoms with van der Waals surface area (Å²) in [4.78, 5) is 0. The quantitative estimate of drug-likeness (QED) is 0.729. The first kappa shape index (κ1) is 20.0. The largest absolute Gasteiger partial charge is 0.493 e. The van der Waals surface area contributed by atoms with Gasteiger partial charge in [-0.2, -0.15) is 0 Å². The summed E-state index contributed by atoms with van der Waals surface area (Å²) in [5, 5.41) is 7.08. The molecular weight excluding hydrogens is 344 g/mol. The molecule has 0 aliphatic carbocycles. The average Bonchev–Trinajstić information content (AvgIpc) is 2.61. The van der Waals surface area contributed by atoms with Crippen LogP contribution in [0.5, 0.6) is 11.5 Å². The minimum atomic E-state index is 0.150. The second-order valence-corrected chi connectivity index (χ2v) is 7.56. The molecule has 0 heterocycles. The summed E-state index contributed by atoms with van der Waals surface area (Å²) < 4.78 is 10.6. The van der Waals surface area contributed by atoms with Gasteiger partial charge in [0, 0.05) is 12.2 Å². The lowest BCUT2D eigenvalue weighted by Crippen LogP contribution is -2.30. The third-order valence-electron chi connectivity index (χ3n) is 4.16. The van der Waals surface area contributed by atoms with Gasteiger partial charge in [0.1, 0.15) is 0 Å². The number of benzene rings is 2. The fourth-order valence-electron chi connectivity index (χ4n) is 2.59. The summed E-state index contributed by atoms with van der Waals surface area (Å²) in [7, 11) is 3.28. The first-order valence-electron chi connectivity index (χ1n) is 8.70. The van der Waals surface area contributed by atoms with Crippen LogP contribution in [-0.4, -0.2) is 25.9 Å². The number of rotatable bonds is 6. The Morgan fingerprint density at radius 2 is 1.62 bits per heavy atom. The molecule has 0 saturated heterocycles. The van der Waals surface area contributed by atoms with E-state index >= 15 is 0 Å². The molecule has 26 heavy (non-hydrogen) atoms. The zero-order valence-corrected chi connectivity index (χ0v) is 17.0. The first-order chi connectivity index (χ1) is 12.3. The molecule has 0 amide bonds. The molecule has 2 N–H and O–H groups in total. The molecule has 0 fully saturated rings. The van der Waals surface area contributed by atoms with Gasteiger partial charge < -0.3 is 20.1 Å². The molecule has 0 atom stereocenters. The van der Waals surface area contributed by atoms with Crippen molar-refractivity contribution in [3.63, 3.8) is 0 Å². The predicted molar refractivity (Wildman–Crippen MR) is 113 cm³/mol. The monoisotopic (exact) mass is 372 g/mol. The van der Waals surface area contributed by atoms with Crippen LogP contribution >= 0.6 is 12.2 Å². The first-order valence-corrected chi connectivity index (χ1v) is 9.10.